The topological polar surface area (TPSA) is 131 Å². The fourth-order valence-electron chi connectivity index (χ4n) is 4.04. The molecule has 2 aromatic heterocycles. The number of nitrogens with two attached hydrogens (primary N) is 1. The van der Waals surface area contributed by atoms with Gasteiger partial charge in [-0.05, 0) is 38.3 Å². The van der Waals surface area contributed by atoms with Gasteiger partial charge in [-0.15, -0.1) is 0 Å². The van der Waals surface area contributed by atoms with Gasteiger partial charge in [-0.1, -0.05) is 45.4 Å². The predicted octanol–water partition coefficient (Wildman–Crippen LogP) is 2.82. The van der Waals surface area contributed by atoms with Crippen molar-refractivity contribution < 1.29 is 4.79 Å². The Balaban J connectivity index is 1.91. The predicted molar refractivity (Wildman–Crippen MR) is 139 cm³/mol. The van der Waals surface area contributed by atoms with Crippen LogP contribution in [0.3, 0.4) is 0 Å². The zero-order valence-electron chi connectivity index (χ0n) is 21.1. The highest BCUT2D eigenvalue weighted by Gasteiger charge is 2.23. The number of aryl methyl sites for hydroxylation is 1. The molecule has 35 heavy (non-hydrogen) atoms. The van der Waals surface area contributed by atoms with Crippen molar-refractivity contribution in [3.05, 3.63) is 62.6 Å². The van der Waals surface area contributed by atoms with Gasteiger partial charge in [0, 0.05) is 13.1 Å². The quantitative estimate of drug-likeness (QED) is 0.408. The number of nitrogens with one attached hydrogen (secondary N) is 2. The van der Waals surface area contributed by atoms with Crippen molar-refractivity contribution in [3.63, 3.8) is 0 Å². The molecule has 0 radical (unpaired) electrons. The van der Waals surface area contributed by atoms with Crippen molar-refractivity contribution in [2.24, 2.45) is 5.92 Å². The number of aromatic amines is 1. The summed E-state index contributed by atoms with van der Waals surface area (Å²) in [7, 11) is 0. The average Bonchev–Trinajstić information content (AvgIpc) is 3.08. The molecule has 0 unspecified atom stereocenters. The number of amides is 1. The van der Waals surface area contributed by atoms with Crippen LogP contribution in [0, 0.1) is 19.8 Å². The number of nitrogen functional groups attached to an aromatic ring is 1. The molecule has 0 aliphatic rings. The van der Waals surface area contributed by atoms with Gasteiger partial charge in [0.15, 0.2) is 0 Å². The number of unbranched alkanes of at least 4 members (excludes halogenated alkanes) is 1. The maximum absolute atomic E-state index is 13.2. The van der Waals surface area contributed by atoms with Crippen LogP contribution in [-0.2, 0) is 11.3 Å². The van der Waals surface area contributed by atoms with E-state index in [1.807, 2.05) is 65.0 Å². The number of hydrogen-bond donors (Lipinski definition) is 3. The van der Waals surface area contributed by atoms with Crippen LogP contribution < -0.4 is 27.2 Å². The molecular formula is C25H35N7O3. The molecule has 1 amide bonds. The second-order valence-electron chi connectivity index (χ2n) is 9.11. The van der Waals surface area contributed by atoms with Gasteiger partial charge in [-0.3, -0.25) is 19.1 Å². The molecule has 3 aromatic rings. The summed E-state index contributed by atoms with van der Waals surface area (Å²) in [6.45, 7) is 10.4. The first-order chi connectivity index (χ1) is 16.6. The zero-order chi connectivity index (χ0) is 25.7. The lowest BCUT2D eigenvalue weighted by Crippen LogP contribution is -2.42. The van der Waals surface area contributed by atoms with Crippen molar-refractivity contribution in [3.8, 4) is 5.69 Å². The molecule has 0 spiro atoms. The van der Waals surface area contributed by atoms with Gasteiger partial charge in [0.05, 0.1) is 29.3 Å². The summed E-state index contributed by atoms with van der Waals surface area (Å²) < 4.78 is 3.14. The van der Waals surface area contributed by atoms with E-state index in [-0.39, 0.29) is 29.9 Å². The Labute approximate surface area is 204 Å². The normalized spacial score (nSPS) is 11.1. The van der Waals surface area contributed by atoms with Crippen LogP contribution in [0.4, 0.5) is 17.2 Å². The fourth-order valence-corrected chi connectivity index (χ4v) is 4.04. The number of H-pyrrole nitrogens is 1. The summed E-state index contributed by atoms with van der Waals surface area (Å²) in [5.74, 6) is -0.0887. The summed E-state index contributed by atoms with van der Waals surface area (Å²) in [6, 6.07) is 9.67. The molecule has 0 atom stereocenters. The molecule has 0 aliphatic heterocycles. The lowest BCUT2D eigenvalue weighted by molar-refractivity contribution is -0.115. The van der Waals surface area contributed by atoms with Gasteiger partial charge < -0.3 is 16.0 Å². The second-order valence-corrected chi connectivity index (χ2v) is 9.11. The molecule has 10 nitrogen and oxygen atoms in total. The van der Waals surface area contributed by atoms with Gasteiger partial charge >= 0.3 is 5.69 Å². The standard InChI is InChI=1S/C25H35N7O3/c1-6-7-13-30(22-23(26)31(14-16(2)3)25(35)28-24(22)34)15-20(33)27-21-17(4)29-32(18(21)5)19-11-9-8-10-12-19/h8-12,16H,6-7,13-15,26H2,1-5H3,(H,27,33)(H,28,34,35). The third kappa shape index (κ3) is 5.82. The number of carbonyl (C=O) groups is 1. The summed E-state index contributed by atoms with van der Waals surface area (Å²) in [5.41, 5.74) is 8.30. The van der Waals surface area contributed by atoms with Gasteiger partial charge in [-0.2, -0.15) is 5.10 Å². The highest BCUT2D eigenvalue weighted by atomic mass is 16.2. The smallest absolute Gasteiger partial charge is 0.330 e. The van der Waals surface area contributed by atoms with E-state index in [1.54, 1.807) is 9.58 Å². The van der Waals surface area contributed by atoms with Gasteiger partial charge in [0.25, 0.3) is 5.56 Å². The number of aromatic nitrogens is 4. The van der Waals surface area contributed by atoms with E-state index in [4.69, 9.17) is 5.73 Å². The number of hydrogen-bond acceptors (Lipinski definition) is 6. The number of carbonyl (C=O) groups excluding carboxylic acids is 1. The fraction of sp³-hybridized carbons (Fsp3) is 0.440. The third-order valence-corrected chi connectivity index (χ3v) is 5.75. The van der Waals surface area contributed by atoms with Crippen molar-refractivity contribution in [2.75, 3.05) is 29.0 Å². The van der Waals surface area contributed by atoms with Crippen LogP contribution in [0.5, 0.6) is 0 Å². The molecule has 0 aliphatic carbocycles. The van der Waals surface area contributed by atoms with E-state index >= 15 is 0 Å². The summed E-state index contributed by atoms with van der Waals surface area (Å²) >= 11 is 0. The Morgan fingerprint density at radius 3 is 2.51 bits per heavy atom. The van der Waals surface area contributed by atoms with Crippen LogP contribution in [0.25, 0.3) is 5.69 Å². The number of nitrogens with zero attached hydrogens (tertiary/aromatic N) is 4. The number of anilines is 3. The maximum atomic E-state index is 13.2. The monoisotopic (exact) mass is 481 g/mol. The van der Waals surface area contributed by atoms with Gasteiger partial charge in [0.2, 0.25) is 5.91 Å². The Morgan fingerprint density at radius 2 is 1.89 bits per heavy atom. The summed E-state index contributed by atoms with van der Waals surface area (Å²) in [6.07, 6.45) is 1.61. The van der Waals surface area contributed by atoms with Crippen LogP contribution in [-0.4, -0.2) is 38.3 Å². The number of benzene rings is 1. The van der Waals surface area contributed by atoms with E-state index in [2.05, 4.69) is 15.4 Å². The van der Waals surface area contributed by atoms with Crippen molar-refractivity contribution in [1.82, 2.24) is 19.3 Å². The minimum absolute atomic E-state index is 0.0700. The lowest BCUT2D eigenvalue weighted by Gasteiger charge is -2.26. The summed E-state index contributed by atoms with van der Waals surface area (Å²) in [4.78, 5) is 42.3. The third-order valence-electron chi connectivity index (χ3n) is 5.75. The molecule has 4 N–H and O–H groups in total. The number of para-hydroxylation sites is 1. The molecular weight excluding hydrogens is 446 g/mol. The molecule has 1 aromatic carbocycles. The van der Waals surface area contributed by atoms with Crippen LogP contribution in [0.2, 0.25) is 0 Å². The molecule has 0 saturated heterocycles. The van der Waals surface area contributed by atoms with Gasteiger partial charge in [-0.25, -0.2) is 9.48 Å². The SMILES string of the molecule is CCCCN(CC(=O)Nc1c(C)nn(-c2ccccc2)c1C)c1c(N)n(CC(C)C)c(=O)[nH]c1=O. The lowest BCUT2D eigenvalue weighted by atomic mass is 10.2. The Kier molecular flexibility index (Phi) is 8.16. The molecule has 0 bridgehead atoms. The van der Waals surface area contributed by atoms with Crippen LogP contribution >= 0.6 is 0 Å². The molecule has 0 saturated carbocycles. The van der Waals surface area contributed by atoms with E-state index in [0.29, 0.717) is 24.5 Å². The zero-order valence-corrected chi connectivity index (χ0v) is 21.1. The van der Waals surface area contributed by atoms with Crippen LogP contribution in [0.1, 0.15) is 45.0 Å². The summed E-state index contributed by atoms with van der Waals surface area (Å²) in [5, 5.41) is 7.53. The Hall–Kier alpha value is -3.82. The minimum atomic E-state index is -0.597. The first kappa shape index (κ1) is 25.8. The van der Waals surface area contributed by atoms with Crippen molar-refractivity contribution in [1.29, 1.82) is 0 Å². The average molecular weight is 482 g/mol. The van der Waals surface area contributed by atoms with E-state index < -0.39 is 11.2 Å². The Bertz CT molecular complexity index is 1290. The molecule has 3 rings (SSSR count). The molecule has 10 heteroatoms. The minimum Gasteiger partial charge on any atom is -0.383 e. The highest BCUT2D eigenvalue weighted by molar-refractivity contribution is 5.95. The Morgan fingerprint density at radius 1 is 1.20 bits per heavy atom. The first-order valence-electron chi connectivity index (χ1n) is 11.9. The van der Waals surface area contributed by atoms with Crippen molar-refractivity contribution in [2.45, 2.75) is 54.0 Å². The molecule has 188 valence electrons. The van der Waals surface area contributed by atoms with E-state index in [1.165, 1.54) is 4.57 Å². The van der Waals surface area contributed by atoms with Gasteiger partial charge in [0.1, 0.15) is 11.5 Å². The van der Waals surface area contributed by atoms with Crippen molar-refractivity contribution >= 4 is 23.1 Å². The highest BCUT2D eigenvalue weighted by Crippen LogP contribution is 2.23. The second kappa shape index (κ2) is 11.1. The van der Waals surface area contributed by atoms with Crippen LogP contribution in [0.15, 0.2) is 39.9 Å². The maximum Gasteiger partial charge on any atom is 0.330 e. The largest absolute Gasteiger partial charge is 0.383 e. The van der Waals surface area contributed by atoms with E-state index in [9.17, 15) is 14.4 Å². The van der Waals surface area contributed by atoms with E-state index in [0.717, 1.165) is 24.2 Å². The first-order valence-corrected chi connectivity index (χ1v) is 11.9. The molecule has 2 heterocycles. The molecule has 0 fully saturated rings. The number of rotatable bonds is 10.